The molecule has 0 spiro atoms. The molecule has 1 aliphatic rings. The van der Waals surface area contributed by atoms with Crippen LogP contribution in [0.25, 0.3) is 5.65 Å². The summed E-state index contributed by atoms with van der Waals surface area (Å²) in [5, 5.41) is 4.73. The first-order valence-corrected chi connectivity index (χ1v) is 5.20. The van der Waals surface area contributed by atoms with Crippen molar-refractivity contribution in [3.05, 3.63) is 29.2 Å². The Bertz CT molecular complexity index is 473. The highest BCUT2D eigenvalue weighted by Crippen LogP contribution is 2.32. The SMILES string of the molecule is Clc1cc(CC2CC2)nc2ccnn12. The second kappa shape index (κ2) is 2.95. The van der Waals surface area contributed by atoms with Crippen molar-refractivity contribution in [2.45, 2.75) is 19.3 Å². The van der Waals surface area contributed by atoms with Gasteiger partial charge in [0.2, 0.25) is 0 Å². The zero-order valence-corrected chi connectivity index (χ0v) is 8.41. The molecule has 3 nitrogen and oxygen atoms in total. The summed E-state index contributed by atoms with van der Waals surface area (Å²) in [6, 6.07) is 3.79. The van der Waals surface area contributed by atoms with Gasteiger partial charge < -0.3 is 0 Å². The molecule has 0 atom stereocenters. The van der Waals surface area contributed by atoms with Gasteiger partial charge in [-0.1, -0.05) is 11.6 Å². The third-order valence-electron chi connectivity index (χ3n) is 2.56. The maximum Gasteiger partial charge on any atom is 0.156 e. The fourth-order valence-electron chi connectivity index (χ4n) is 1.65. The minimum Gasteiger partial charge on any atom is -0.233 e. The smallest absolute Gasteiger partial charge is 0.156 e. The van der Waals surface area contributed by atoms with E-state index in [0.29, 0.717) is 5.15 Å². The molecular formula is C10H10ClN3. The maximum atomic E-state index is 6.07. The number of aromatic nitrogens is 3. The topological polar surface area (TPSA) is 30.2 Å². The van der Waals surface area contributed by atoms with Crippen LogP contribution in [0.2, 0.25) is 5.15 Å². The quantitative estimate of drug-likeness (QED) is 0.708. The summed E-state index contributed by atoms with van der Waals surface area (Å²) in [5.74, 6) is 0.837. The first-order valence-electron chi connectivity index (χ1n) is 4.82. The van der Waals surface area contributed by atoms with Crippen molar-refractivity contribution >= 4 is 17.2 Å². The van der Waals surface area contributed by atoms with E-state index in [9.17, 15) is 0 Å². The van der Waals surface area contributed by atoms with Crippen LogP contribution in [-0.4, -0.2) is 14.6 Å². The van der Waals surface area contributed by atoms with Gasteiger partial charge >= 0.3 is 0 Å². The predicted molar refractivity (Wildman–Crippen MR) is 54.4 cm³/mol. The minimum atomic E-state index is 0.649. The van der Waals surface area contributed by atoms with Gasteiger partial charge in [-0.25, -0.2) is 9.50 Å². The summed E-state index contributed by atoms with van der Waals surface area (Å²) in [5.41, 5.74) is 1.93. The van der Waals surface area contributed by atoms with E-state index in [2.05, 4.69) is 10.1 Å². The molecule has 2 heterocycles. The third-order valence-corrected chi connectivity index (χ3v) is 2.83. The molecule has 1 saturated carbocycles. The zero-order valence-electron chi connectivity index (χ0n) is 7.65. The molecule has 0 N–H and O–H groups in total. The van der Waals surface area contributed by atoms with Crippen LogP contribution in [0.15, 0.2) is 18.3 Å². The van der Waals surface area contributed by atoms with Crippen molar-refractivity contribution < 1.29 is 0 Å². The Kier molecular flexibility index (Phi) is 1.74. The Morgan fingerprint density at radius 3 is 3.14 bits per heavy atom. The molecule has 0 amide bonds. The van der Waals surface area contributed by atoms with E-state index in [-0.39, 0.29) is 0 Å². The van der Waals surface area contributed by atoms with E-state index in [1.807, 2.05) is 12.1 Å². The van der Waals surface area contributed by atoms with Gasteiger partial charge in [0.25, 0.3) is 0 Å². The predicted octanol–water partition coefficient (Wildman–Crippen LogP) is 2.34. The molecule has 14 heavy (non-hydrogen) atoms. The monoisotopic (exact) mass is 207 g/mol. The maximum absolute atomic E-state index is 6.07. The Morgan fingerprint density at radius 1 is 1.50 bits per heavy atom. The third kappa shape index (κ3) is 1.38. The van der Waals surface area contributed by atoms with Crippen LogP contribution in [-0.2, 0) is 6.42 Å². The molecule has 1 fully saturated rings. The molecule has 0 saturated heterocycles. The molecule has 2 aromatic heterocycles. The van der Waals surface area contributed by atoms with Gasteiger partial charge in [0.15, 0.2) is 5.65 Å². The molecule has 4 heteroatoms. The summed E-state index contributed by atoms with van der Waals surface area (Å²) >= 11 is 6.07. The lowest BCUT2D eigenvalue weighted by atomic mass is 10.2. The number of hydrogen-bond acceptors (Lipinski definition) is 2. The van der Waals surface area contributed by atoms with Crippen LogP contribution >= 0.6 is 11.6 Å². The molecule has 2 aromatic rings. The van der Waals surface area contributed by atoms with E-state index in [1.54, 1.807) is 10.7 Å². The average molecular weight is 208 g/mol. The van der Waals surface area contributed by atoms with E-state index >= 15 is 0 Å². The van der Waals surface area contributed by atoms with Crippen LogP contribution in [0, 0.1) is 5.92 Å². The zero-order chi connectivity index (χ0) is 9.54. The van der Waals surface area contributed by atoms with Gasteiger partial charge in [0.1, 0.15) is 5.15 Å². The van der Waals surface area contributed by atoms with E-state index in [1.165, 1.54) is 12.8 Å². The molecular weight excluding hydrogens is 198 g/mol. The van der Waals surface area contributed by atoms with Crippen molar-refractivity contribution in [1.82, 2.24) is 14.6 Å². The fourth-order valence-corrected chi connectivity index (χ4v) is 1.90. The standard InChI is InChI=1S/C10H10ClN3/c11-9-6-8(5-7-1-2-7)13-10-3-4-12-14(9)10/h3-4,6-7H,1-2,5H2. The van der Waals surface area contributed by atoms with E-state index < -0.39 is 0 Å². The van der Waals surface area contributed by atoms with E-state index in [0.717, 1.165) is 23.7 Å². The van der Waals surface area contributed by atoms with Crippen molar-refractivity contribution in [1.29, 1.82) is 0 Å². The number of halogens is 1. The van der Waals surface area contributed by atoms with Gasteiger partial charge in [-0.3, -0.25) is 0 Å². The molecule has 72 valence electrons. The van der Waals surface area contributed by atoms with Crippen LogP contribution in [0.1, 0.15) is 18.5 Å². The summed E-state index contributed by atoms with van der Waals surface area (Å²) in [4.78, 5) is 4.49. The first-order chi connectivity index (χ1) is 6.83. The summed E-state index contributed by atoms with van der Waals surface area (Å²) in [6.45, 7) is 0. The average Bonchev–Trinajstić information content (AvgIpc) is 2.82. The first kappa shape index (κ1) is 8.24. The van der Waals surface area contributed by atoms with Gasteiger partial charge in [0, 0.05) is 11.8 Å². The van der Waals surface area contributed by atoms with Gasteiger partial charge in [-0.15, -0.1) is 0 Å². The lowest BCUT2D eigenvalue weighted by molar-refractivity contribution is 0.796. The minimum absolute atomic E-state index is 0.649. The molecule has 0 bridgehead atoms. The van der Waals surface area contributed by atoms with Crippen molar-refractivity contribution in [3.8, 4) is 0 Å². The Balaban J connectivity index is 2.06. The molecule has 3 rings (SSSR count). The lowest BCUT2D eigenvalue weighted by Crippen LogP contribution is -1.98. The summed E-state index contributed by atoms with van der Waals surface area (Å²) in [7, 11) is 0. The van der Waals surface area contributed by atoms with Gasteiger partial charge in [0.05, 0.1) is 6.20 Å². The second-order valence-corrected chi connectivity index (χ2v) is 4.21. The highest BCUT2D eigenvalue weighted by Gasteiger charge is 2.22. The molecule has 0 radical (unpaired) electrons. The summed E-state index contributed by atoms with van der Waals surface area (Å²) in [6.07, 6.45) is 5.45. The van der Waals surface area contributed by atoms with Crippen molar-refractivity contribution in [3.63, 3.8) is 0 Å². The number of fused-ring (bicyclic) bond motifs is 1. The van der Waals surface area contributed by atoms with E-state index in [4.69, 9.17) is 11.6 Å². The van der Waals surface area contributed by atoms with Crippen molar-refractivity contribution in [2.24, 2.45) is 5.92 Å². The van der Waals surface area contributed by atoms with Crippen LogP contribution < -0.4 is 0 Å². The second-order valence-electron chi connectivity index (χ2n) is 3.82. The fraction of sp³-hybridized carbons (Fsp3) is 0.400. The Labute approximate surface area is 86.7 Å². The largest absolute Gasteiger partial charge is 0.233 e. The normalized spacial score (nSPS) is 16.4. The van der Waals surface area contributed by atoms with Crippen molar-refractivity contribution in [2.75, 3.05) is 0 Å². The molecule has 1 aliphatic carbocycles. The van der Waals surface area contributed by atoms with Crippen LogP contribution in [0.3, 0.4) is 0 Å². The number of nitrogens with zero attached hydrogens (tertiary/aromatic N) is 3. The molecule has 0 unspecified atom stereocenters. The van der Waals surface area contributed by atoms with Gasteiger partial charge in [-0.05, 0) is 31.2 Å². The summed E-state index contributed by atoms with van der Waals surface area (Å²) < 4.78 is 1.65. The molecule has 0 aliphatic heterocycles. The molecule has 0 aromatic carbocycles. The lowest BCUT2D eigenvalue weighted by Gasteiger charge is -2.01. The highest BCUT2D eigenvalue weighted by atomic mass is 35.5. The van der Waals surface area contributed by atoms with Crippen LogP contribution in [0.5, 0.6) is 0 Å². The highest BCUT2D eigenvalue weighted by molar-refractivity contribution is 6.29. The number of rotatable bonds is 2. The Morgan fingerprint density at radius 2 is 2.36 bits per heavy atom. The van der Waals surface area contributed by atoms with Crippen LogP contribution in [0.4, 0.5) is 0 Å². The van der Waals surface area contributed by atoms with Gasteiger partial charge in [-0.2, -0.15) is 5.10 Å². The Hall–Kier alpha value is -1.09. The number of hydrogen-bond donors (Lipinski definition) is 0.